The molecule has 0 radical (unpaired) electrons. The Balaban J connectivity index is 1.64. The first-order chi connectivity index (χ1) is 11.5. The van der Waals surface area contributed by atoms with Gasteiger partial charge in [-0.25, -0.2) is 0 Å². The summed E-state index contributed by atoms with van der Waals surface area (Å²) in [5.41, 5.74) is 2.58. The van der Waals surface area contributed by atoms with Crippen LogP contribution in [0.1, 0.15) is 24.0 Å². The second-order valence-corrected chi connectivity index (χ2v) is 7.28. The van der Waals surface area contributed by atoms with E-state index in [4.69, 9.17) is 0 Å². The molecule has 0 atom stereocenters. The van der Waals surface area contributed by atoms with E-state index in [1.165, 1.54) is 17.7 Å². The zero-order valence-electron chi connectivity index (χ0n) is 12.9. The van der Waals surface area contributed by atoms with Crippen LogP contribution in [0.15, 0.2) is 46.9 Å². The highest BCUT2D eigenvalue weighted by Crippen LogP contribution is 2.51. The van der Waals surface area contributed by atoms with E-state index in [1.54, 1.807) is 12.1 Å². The highest BCUT2D eigenvalue weighted by atomic mass is 79.9. The number of anilines is 1. The average molecular weight is 387 g/mol. The molecule has 5 nitrogen and oxygen atoms in total. The molecule has 0 N–H and O–H groups in total. The Hall–Kier alpha value is -2.21. The van der Waals surface area contributed by atoms with E-state index in [1.807, 2.05) is 17.0 Å². The summed E-state index contributed by atoms with van der Waals surface area (Å²) in [5, 5.41) is 10.8. The molecule has 1 amide bonds. The molecule has 1 fully saturated rings. The topological polar surface area (TPSA) is 63.5 Å². The fourth-order valence-corrected chi connectivity index (χ4v) is 3.90. The molecule has 6 heteroatoms. The van der Waals surface area contributed by atoms with Crippen molar-refractivity contribution in [2.45, 2.75) is 24.7 Å². The molecule has 24 heavy (non-hydrogen) atoms. The first-order valence-electron chi connectivity index (χ1n) is 7.87. The summed E-state index contributed by atoms with van der Waals surface area (Å²) in [6, 6.07) is 12.4. The van der Waals surface area contributed by atoms with Crippen LogP contribution >= 0.6 is 15.9 Å². The van der Waals surface area contributed by atoms with E-state index in [9.17, 15) is 14.9 Å². The van der Waals surface area contributed by atoms with Gasteiger partial charge in [-0.05, 0) is 48.6 Å². The maximum atomic E-state index is 13.2. The van der Waals surface area contributed by atoms with Gasteiger partial charge in [-0.15, -0.1) is 0 Å². The number of benzene rings is 2. The number of nitro benzene ring substituents is 1. The van der Waals surface area contributed by atoms with Gasteiger partial charge in [0, 0.05) is 28.8 Å². The van der Waals surface area contributed by atoms with E-state index < -0.39 is 10.3 Å². The van der Waals surface area contributed by atoms with Crippen LogP contribution in [0.5, 0.6) is 0 Å². The minimum atomic E-state index is -0.510. The highest BCUT2D eigenvalue weighted by molar-refractivity contribution is 9.10. The monoisotopic (exact) mass is 386 g/mol. The third-order valence-electron chi connectivity index (χ3n) is 4.97. The number of carbonyl (C=O) groups is 1. The molecule has 0 bridgehead atoms. The summed E-state index contributed by atoms with van der Waals surface area (Å²) in [4.78, 5) is 25.4. The van der Waals surface area contributed by atoms with E-state index in [2.05, 4.69) is 22.0 Å². The molecule has 0 unspecified atom stereocenters. The Morgan fingerprint density at radius 3 is 2.50 bits per heavy atom. The summed E-state index contributed by atoms with van der Waals surface area (Å²) >= 11 is 3.47. The molecule has 1 saturated carbocycles. The lowest BCUT2D eigenvalue weighted by Gasteiger charge is -2.24. The maximum Gasteiger partial charge on any atom is 0.269 e. The minimum absolute atomic E-state index is 0.0540. The Bertz CT molecular complexity index is 844. The second-order valence-electron chi connectivity index (χ2n) is 6.37. The van der Waals surface area contributed by atoms with Crippen molar-refractivity contribution in [2.24, 2.45) is 0 Å². The fraction of sp³-hybridized carbons (Fsp3) is 0.278. The predicted octanol–water partition coefficient (Wildman–Crippen LogP) is 3.98. The predicted molar refractivity (Wildman–Crippen MR) is 94.2 cm³/mol. The van der Waals surface area contributed by atoms with Gasteiger partial charge in [0.05, 0.1) is 10.3 Å². The maximum absolute atomic E-state index is 13.2. The largest absolute Gasteiger partial charge is 0.311 e. The molecule has 2 aromatic carbocycles. The number of fused-ring (bicyclic) bond motifs is 1. The Morgan fingerprint density at radius 2 is 1.88 bits per heavy atom. The smallest absolute Gasteiger partial charge is 0.269 e. The zero-order valence-corrected chi connectivity index (χ0v) is 14.5. The van der Waals surface area contributed by atoms with Gasteiger partial charge in [0.2, 0.25) is 5.91 Å². The van der Waals surface area contributed by atoms with E-state index >= 15 is 0 Å². The molecule has 0 aromatic heterocycles. The van der Waals surface area contributed by atoms with Crippen LogP contribution in [0.25, 0.3) is 0 Å². The van der Waals surface area contributed by atoms with Crippen molar-refractivity contribution >= 4 is 33.2 Å². The molecule has 2 aromatic rings. The summed E-state index contributed by atoms with van der Waals surface area (Å²) < 4.78 is 1.02. The van der Waals surface area contributed by atoms with Crippen molar-refractivity contribution in [3.63, 3.8) is 0 Å². The van der Waals surface area contributed by atoms with Crippen molar-refractivity contribution < 1.29 is 9.72 Å². The number of rotatable bonds is 3. The quantitative estimate of drug-likeness (QED) is 0.591. The lowest BCUT2D eigenvalue weighted by atomic mass is 9.94. The van der Waals surface area contributed by atoms with Crippen molar-refractivity contribution in [3.05, 3.63) is 68.2 Å². The van der Waals surface area contributed by atoms with Crippen molar-refractivity contribution in [2.75, 3.05) is 11.4 Å². The number of nitro groups is 1. The van der Waals surface area contributed by atoms with Gasteiger partial charge in [-0.2, -0.15) is 0 Å². The minimum Gasteiger partial charge on any atom is -0.311 e. The summed E-state index contributed by atoms with van der Waals surface area (Å²) in [6.45, 7) is 0.694. The number of nitrogens with zero attached hydrogens (tertiary/aromatic N) is 2. The third kappa shape index (κ3) is 2.33. The lowest BCUT2D eigenvalue weighted by molar-refractivity contribution is -0.384. The van der Waals surface area contributed by atoms with Gasteiger partial charge in [-0.3, -0.25) is 14.9 Å². The van der Waals surface area contributed by atoms with Crippen molar-refractivity contribution in [1.82, 2.24) is 0 Å². The van der Waals surface area contributed by atoms with Gasteiger partial charge >= 0.3 is 0 Å². The Labute approximate surface area is 147 Å². The molecule has 122 valence electrons. The molecule has 4 rings (SSSR count). The van der Waals surface area contributed by atoms with Crippen LogP contribution in [0.4, 0.5) is 11.4 Å². The first-order valence-corrected chi connectivity index (χ1v) is 8.66. The van der Waals surface area contributed by atoms with Gasteiger partial charge in [-0.1, -0.05) is 28.1 Å². The lowest BCUT2D eigenvalue weighted by Crippen LogP contribution is -2.38. The van der Waals surface area contributed by atoms with Crippen LogP contribution in [0.2, 0.25) is 0 Å². The number of amides is 1. The normalized spacial score (nSPS) is 17.5. The van der Waals surface area contributed by atoms with Crippen LogP contribution in [0.3, 0.4) is 0 Å². The van der Waals surface area contributed by atoms with Gasteiger partial charge in [0.15, 0.2) is 0 Å². The summed E-state index contributed by atoms with van der Waals surface area (Å²) in [6.07, 6.45) is 2.45. The SMILES string of the molecule is O=C(N1CCc2cc(Br)ccc21)C1(c2ccc([N+](=O)[O-])cc2)CC1. The van der Waals surface area contributed by atoms with Crippen molar-refractivity contribution in [1.29, 1.82) is 0 Å². The average Bonchev–Trinajstić information content (AvgIpc) is 3.29. The molecule has 1 aliphatic heterocycles. The van der Waals surface area contributed by atoms with Crippen LogP contribution in [-0.4, -0.2) is 17.4 Å². The highest BCUT2D eigenvalue weighted by Gasteiger charge is 2.54. The summed E-state index contributed by atoms with van der Waals surface area (Å²) in [5.74, 6) is 0.109. The van der Waals surface area contributed by atoms with Crippen LogP contribution < -0.4 is 4.90 Å². The Morgan fingerprint density at radius 1 is 1.17 bits per heavy atom. The van der Waals surface area contributed by atoms with Crippen molar-refractivity contribution in [3.8, 4) is 0 Å². The molecule has 1 heterocycles. The standard InChI is InChI=1S/C18H15BrN2O3/c19-14-3-6-16-12(11-14)7-10-20(16)17(22)18(8-9-18)13-1-4-15(5-2-13)21(23)24/h1-6,11H,7-10H2. The molecule has 2 aliphatic rings. The third-order valence-corrected chi connectivity index (χ3v) is 5.47. The second kappa shape index (κ2) is 5.41. The van der Waals surface area contributed by atoms with Gasteiger partial charge in [0.25, 0.3) is 5.69 Å². The van der Waals surface area contributed by atoms with Crippen LogP contribution in [-0.2, 0) is 16.6 Å². The first kappa shape index (κ1) is 15.3. The zero-order chi connectivity index (χ0) is 16.9. The number of hydrogen-bond acceptors (Lipinski definition) is 3. The number of hydrogen-bond donors (Lipinski definition) is 0. The van der Waals surface area contributed by atoms with E-state index in [0.717, 1.165) is 35.0 Å². The number of non-ortho nitro benzene ring substituents is 1. The summed E-state index contributed by atoms with van der Waals surface area (Å²) in [7, 11) is 0. The van der Waals surface area contributed by atoms with E-state index in [0.29, 0.717) is 6.54 Å². The Kier molecular flexibility index (Phi) is 3.46. The molecular weight excluding hydrogens is 372 g/mol. The fourth-order valence-electron chi connectivity index (χ4n) is 3.49. The van der Waals surface area contributed by atoms with Gasteiger partial charge < -0.3 is 4.90 Å². The van der Waals surface area contributed by atoms with Crippen LogP contribution in [0, 0.1) is 10.1 Å². The molecule has 1 aliphatic carbocycles. The molecular formula is C18H15BrN2O3. The molecule has 0 saturated heterocycles. The molecule has 0 spiro atoms. The van der Waals surface area contributed by atoms with E-state index in [-0.39, 0.29) is 11.6 Å². The number of carbonyl (C=O) groups excluding carboxylic acids is 1. The van der Waals surface area contributed by atoms with Gasteiger partial charge in [0.1, 0.15) is 0 Å². The number of halogens is 1.